The van der Waals surface area contributed by atoms with Crippen LogP contribution in [-0.2, 0) is 20.8 Å². The zero-order chi connectivity index (χ0) is 19.8. The number of allylic oxidation sites excluding steroid dienone is 1. The number of carbonyl (C=O) groups is 1. The number of hydrogen-bond acceptors (Lipinski definition) is 4. The average molecular weight is 388 g/mol. The standard InChI is InChI=1S/C23H33NO4/c1-2-27-23-19(13-8-14-25)20(18-11-6-7-12-18)15-21(28-23)22(26)24-16-17-9-4-3-5-10-17/h3-5,9-10,15,18-20,23,25H,2,6-8,11-14,16H2,1H3,(H,24,26)/t19-,20-,23-/m0/s1. The summed E-state index contributed by atoms with van der Waals surface area (Å²) in [5, 5.41) is 12.3. The number of carbonyl (C=O) groups excluding carboxylic acids is 1. The fourth-order valence-electron chi connectivity index (χ4n) is 4.53. The molecule has 1 aromatic rings. The number of hydrogen-bond donors (Lipinski definition) is 2. The van der Waals surface area contributed by atoms with Gasteiger partial charge >= 0.3 is 0 Å². The Morgan fingerprint density at radius 1 is 1.25 bits per heavy atom. The molecule has 5 heteroatoms. The van der Waals surface area contributed by atoms with E-state index in [2.05, 4.69) is 5.32 Å². The third-order valence-electron chi connectivity index (χ3n) is 5.92. The molecule has 1 fully saturated rings. The molecule has 0 radical (unpaired) electrons. The van der Waals surface area contributed by atoms with Crippen LogP contribution in [0.3, 0.4) is 0 Å². The lowest BCUT2D eigenvalue weighted by atomic mass is 9.76. The van der Waals surface area contributed by atoms with Crippen molar-refractivity contribution in [3.8, 4) is 0 Å². The molecule has 0 saturated heterocycles. The Morgan fingerprint density at radius 2 is 2.00 bits per heavy atom. The molecule has 28 heavy (non-hydrogen) atoms. The second kappa shape index (κ2) is 10.6. The van der Waals surface area contributed by atoms with E-state index in [0.29, 0.717) is 24.8 Å². The van der Waals surface area contributed by atoms with Gasteiger partial charge in [-0.2, -0.15) is 0 Å². The first-order valence-corrected chi connectivity index (χ1v) is 10.7. The minimum absolute atomic E-state index is 0.168. The predicted molar refractivity (Wildman–Crippen MR) is 108 cm³/mol. The number of aliphatic hydroxyl groups is 1. The van der Waals surface area contributed by atoms with Crippen LogP contribution in [0.2, 0.25) is 0 Å². The Hall–Kier alpha value is -1.85. The Labute approximate surface area is 168 Å². The summed E-state index contributed by atoms with van der Waals surface area (Å²) < 4.78 is 11.9. The molecule has 3 atom stereocenters. The van der Waals surface area contributed by atoms with Crippen molar-refractivity contribution in [1.29, 1.82) is 0 Å². The first-order chi connectivity index (χ1) is 13.7. The molecule has 1 aliphatic carbocycles. The van der Waals surface area contributed by atoms with Gasteiger partial charge in [-0.25, -0.2) is 0 Å². The zero-order valence-electron chi connectivity index (χ0n) is 16.8. The summed E-state index contributed by atoms with van der Waals surface area (Å²) in [6, 6.07) is 9.87. The van der Waals surface area contributed by atoms with E-state index < -0.39 is 6.29 Å². The average Bonchev–Trinajstić information content (AvgIpc) is 3.26. The smallest absolute Gasteiger partial charge is 0.286 e. The highest BCUT2D eigenvalue weighted by Crippen LogP contribution is 2.43. The van der Waals surface area contributed by atoms with Crippen molar-refractivity contribution in [1.82, 2.24) is 5.32 Å². The maximum absolute atomic E-state index is 12.8. The molecule has 1 saturated carbocycles. The van der Waals surface area contributed by atoms with Gasteiger partial charge < -0.3 is 19.9 Å². The van der Waals surface area contributed by atoms with Crippen LogP contribution in [-0.4, -0.2) is 30.5 Å². The Morgan fingerprint density at radius 3 is 2.68 bits per heavy atom. The number of nitrogens with one attached hydrogen (secondary N) is 1. The predicted octanol–water partition coefficient (Wildman–Crippen LogP) is 3.77. The van der Waals surface area contributed by atoms with Gasteiger partial charge in [0.1, 0.15) is 0 Å². The molecule has 2 N–H and O–H groups in total. The van der Waals surface area contributed by atoms with Crippen LogP contribution >= 0.6 is 0 Å². The van der Waals surface area contributed by atoms with Crippen LogP contribution in [0, 0.1) is 17.8 Å². The van der Waals surface area contributed by atoms with Crippen molar-refractivity contribution >= 4 is 5.91 Å². The molecule has 0 aromatic heterocycles. The van der Waals surface area contributed by atoms with E-state index in [-0.39, 0.29) is 24.3 Å². The Kier molecular flexibility index (Phi) is 7.92. The zero-order valence-corrected chi connectivity index (χ0v) is 16.8. The van der Waals surface area contributed by atoms with Crippen LogP contribution in [0.1, 0.15) is 51.0 Å². The number of benzene rings is 1. The SMILES string of the molecule is CCO[C@H]1OC(C(=O)NCc2ccccc2)=C[C@@H](C2CCCC2)[C@@H]1CCCO. The van der Waals surface area contributed by atoms with E-state index in [9.17, 15) is 9.90 Å². The molecule has 0 unspecified atom stereocenters. The molecule has 1 heterocycles. The van der Waals surface area contributed by atoms with Crippen LogP contribution in [0.4, 0.5) is 0 Å². The first kappa shape index (κ1) is 20.9. The molecule has 2 aliphatic rings. The van der Waals surface area contributed by atoms with Crippen LogP contribution in [0.25, 0.3) is 0 Å². The van der Waals surface area contributed by atoms with Gasteiger partial charge in [0.25, 0.3) is 5.91 Å². The summed E-state index contributed by atoms with van der Waals surface area (Å²) in [6.07, 6.45) is 8.05. The fourth-order valence-corrected chi connectivity index (χ4v) is 4.53. The lowest BCUT2D eigenvalue weighted by molar-refractivity contribution is -0.176. The maximum atomic E-state index is 12.8. The number of aliphatic hydroxyl groups excluding tert-OH is 1. The van der Waals surface area contributed by atoms with Gasteiger partial charge in [-0.15, -0.1) is 0 Å². The number of amides is 1. The van der Waals surface area contributed by atoms with Gasteiger partial charge in [0.15, 0.2) is 5.76 Å². The third kappa shape index (κ3) is 5.36. The van der Waals surface area contributed by atoms with Crippen LogP contribution in [0.15, 0.2) is 42.2 Å². The summed E-state index contributed by atoms with van der Waals surface area (Å²) in [6.45, 7) is 3.13. The lowest BCUT2D eigenvalue weighted by Crippen LogP contribution is -2.41. The van der Waals surface area contributed by atoms with Gasteiger partial charge in [-0.1, -0.05) is 43.2 Å². The molecule has 0 spiro atoms. The van der Waals surface area contributed by atoms with Gasteiger partial charge in [0.2, 0.25) is 6.29 Å². The molecular weight excluding hydrogens is 354 g/mol. The second-order valence-electron chi connectivity index (χ2n) is 7.79. The second-order valence-corrected chi connectivity index (χ2v) is 7.79. The molecule has 3 rings (SSSR count). The molecule has 0 bridgehead atoms. The summed E-state index contributed by atoms with van der Waals surface area (Å²) >= 11 is 0. The van der Waals surface area contributed by atoms with E-state index in [1.165, 1.54) is 25.7 Å². The van der Waals surface area contributed by atoms with Gasteiger partial charge in [0, 0.05) is 25.7 Å². The quantitative estimate of drug-likeness (QED) is 0.677. The topological polar surface area (TPSA) is 67.8 Å². The van der Waals surface area contributed by atoms with Gasteiger partial charge in [-0.05, 0) is 56.1 Å². The van der Waals surface area contributed by atoms with Crippen molar-refractivity contribution in [2.45, 2.75) is 58.3 Å². The highest BCUT2D eigenvalue weighted by Gasteiger charge is 2.41. The van der Waals surface area contributed by atoms with E-state index in [4.69, 9.17) is 9.47 Å². The Balaban J connectivity index is 1.75. The molecule has 1 amide bonds. The monoisotopic (exact) mass is 387 g/mol. The summed E-state index contributed by atoms with van der Waals surface area (Å²) in [4.78, 5) is 12.8. The lowest BCUT2D eigenvalue weighted by Gasteiger charge is -2.39. The fraction of sp³-hybridized carbons (Fsp3) is 0.609. The maximum Gasteiger partial charge on any atom is 0.286 e. The molecular formula is C23H33NO4. The van der Waals surface area contributed by atoms with E-state index in [0.717, 1.165) is 18.4 Å². The number of ether oxygens (including phenoxy) is 2. The largest absolute Gasteiger partial charge is 0.459 e. The van der Waals surface area contributed by atoms with Crippen molar-refractivity contribution in [2.24, 2.45) is 17.8 Å². The molecule has 5 nitrogen and oxygen atoms in total. The first-order valence-electron chi connectivity index (χ1n) is 10.7. The van der Waals surface area contributed by atoms with Gasteiger partial charge in [-0.3, -0.25) is 4.79 Å². The van der Waals surface area contributed by atoms with E-state index in [1.54, 1.807) is 0 Å². The normalized spacial score (nSPS) is 25.2. The van der Waals surface area contributed by atoms with Crippen molar-refractivity contribution in [3.63, 3.8) is 0 Å². The van der Waals surface area contributed by atoms with E-state index >= 15 is 0 Å². The van der Waals surface area contributed by atoms with Crippen molar-refractivity contribution < 1.29 is 19.4 Å². The Bertz CT molecular complexity index is 639. The van der Waals surface area contributed by atoms with E-state index in [1.807, 2.05) is 43.3 Å². The summed E-state index contributed by atoms with van der Waals surface area (Å²) in [5.41, 5.74) is 1.06. The molecule has 1 aliphatic heterocycles. The van der Waals surface area contributed by atoms with Crippen molar-refractivity contribution in [2.75, 3.05) is 13.2 Å². The molecule has 154 valence electrons. The van der Waals surface area contributed by atoms with Crippen molar-refractivity contribution in [3.05, 3.63) is 47.7 Å². The summed E-state index contributed by atoms with van der Waals surface area (Å²) in [7, 11) is 0. The molecule has 1 aromatic carbocycles. The third-order valence-corrected chi connectivity index (χ3v) is 5.92. The highest BCUT2D eigenvalue weighted by molar-refractivity contribution is 5.91. The minimum Gasteiger partial charge on any atom is -0.459 e. The van der Waals surface area contributed by atoms with Crippen LogP contribution in [0.5, 0.6) is 0 Å². The van der Waals surface area contributed by atoms with Gasteiger partial charge in [0.05, 0.1) is 0 Å². The number of rotatable bonds is 9. The highest BCUT2D eigenvalue weighted by atomic mass is 16.7. The van der Waals surface area contributed by atoms with Crippen LogP contribution < -0.4 is 5.32 Å². The summed E-state index contributed by atoms with van der Waals surface area (Å²) in [5.74, 6) is 1.20. The minimum atomic E-state index is -0.426.